The summed E-state index contributed by atoms with van der Waals surface area (Å²) in [6.07, 6.45) is 3.16. The Morgan fingerprint density at radius 2 is 2.44 bits per heavy atom. The van der Waals surface area contributed by atoms with E-state index in [0.717, 1.165) is 29.3 Å². The molecule has 94 valence electrons. The molecule has 6 heteroatoms. The molecule has 1 amide bonds. The Morgan fingerprint density at radius 3 is 3.11 bits per heavy atom. The van der Waals surface area contributed by atoms with Crippen LogP contribution in [0.5, 0.6) is 0 Å². The van der Waals surface area contributed by atoms with Gasteiger partial charge in [0.15, 0.2) is 10.8 Å². The number of nitrogens with two attached hydrogens (primary N) is 1. The first-order valence-corrected chi connectivity index (χ1v) is 6.61. The van der Waals surface area contributed by atoms with Gasteiger partial charge in [0, 0.05) is 5.38 Å². The fourth-order valence-corrected chi connectivity index (χ4v) is 2.40. The first-order valence-electron chi connectivity index (χ1n) is 5.73. The largest absolute Gasteiger partial charge is 0.462 e. The lowest BCUT2D eigenvalue weighted by atomic mass is 10.3. The summed E-state index contributed by atoms with van der Waals surface area (Å²) in [5.41, 5.74) is 5.99. The van der Waals surface area contributed by atoms with Crippen molar-refractivity contribution in [2.24, 2.45) is 5.73 Å². The Morgan fingerprint density at radius 1 is 1.61 bits per heavy atom. The highest BCUT2D eigenvalue weighted by molar-refractivity contribution is 7.13. The van der Waals surface area contributed by atoms with E-state index in [1.54, 1.807) is 6.26 Å². The average Bonchev–Trinajstić information content (AvgIpc) is 2.87. The summed E-state index contributed by atoms with van der Waals surface area (Å²) in [5, 5.41) is 5.54. The summed E-state index contributed by atoms with van der Waals surface area (Å²) in [4.78, 5) is 16.1. The molecule has 0 aliphatic heterocycles. The summed E-state index contributed by atoms with van der Waals surface area (Å²) in [6, 6.07) is 3.68. The highest BCUT2D eigenvalue weighted by Crippen LogP contribution is 2.32. The predicted octanol–water partition coefficient (Wildman–Crippen LogP) is 1.51. The number of furan rings is 1. The second-order valence-electron chi connectivity index (χ2n) is 4.46. The van der Waals surface area contributed by atoms with Gasteiger partial charge in [-0.1, -0.05) is 0 Å². The molecule has 0 radical (unpaired) electrons. The Hall–Kier alpha value is -1.66. The Labute approximate surface area is 108 Å². The van der Waals surface area contributed by atoms with Crippen molar-refractivity contribution in [3.63, 3.8) is 0 Å². The van der Waals surface area contributed by atoms with Gasteiger partial charge in [0.05, 0.1) is 24.0 Å². The lowest BCUT2D eigenvalue weighted by Crippen LogP contribution is -2.42. The zero-order valence-electron chi connectivity index (χ0n) is 9.68. The summed E-state index contributed by atoms with van der Waals surface area (Å²) in [6.45, 7) is 0.412. The molecule has 1 aliphatic carbocycles. The van der Waals surface area contributed by atoms with Crippen LogP contribution in [0.2, 0.25) is 0 Å². The zero-order chi connectivity index (χ0) is 12.6. The molecule has 2 aromatic rings. The maximum Gasteiger partial charge on any atom is 0.240 e. The highest BCUT2D eigenvalue weighted by Gasteiger charge is 2.45. The quantitative estimate of drug-likeness (QED) is 0.876. The number of amides is 1. The van der Waals surface area contributed by atoms with Crippen LogP contribution in [0.15, 0.2) is 28.2 Å². The number of carbonyl (C=O) groups excluding carboxylic acids is 1. The predicted molar refractivity (Wildman–Crippen MR) is 67.8 cm³/mol. The van der Waals surface area contributed by atoms with E-state index >= 15 is 0 Å². The van der Waals surface area contributed by atoms with E-state index in [1.807, 2.05) is 17.5 Å². The molecule has 3 N–H and O–H groups in total. The SMILES string of the molecule is NC1(C(=O)NCc2csc(-c3ccco3)n2)CC1. The lowest BCUT2D eigenvalue weighted by Gasteiger charge is -2.08. The maximum atomic E-state index is 11.7. The average molecular weight is 263 g/mol. The van der Waals surface area contributed by atoms with Gasteiger partial charge in [-0.25, -0.2) is 4.98 Å². The van der Waals surface area contributed by atoms with Crippen molar-refractivity contribution in [1.82, 2.24) is 10.3 Å². The maximum absolute atomic E-state index is 11.7. The molecule has 2 aromatic heterocycles. The van der Waals surface area contributed by atoms with E-state index in [-0.39, 0.29) is 5.91 Å². The van der Waals surface area contributed by atoms with Crippen LogP contribution in [-0.2, 0) is 11.3 Å². The third kappa shape index (κ3) is 2.16. The van der Waals surface area contributed by atoms with E-state index < -0.39 is 5.54 Å². The van der Waals surface area contributed by atoms with Crippen LogP contribution in [0.4, 0.5) is 0 Å². The molecule has 0 saturated heterocycles. The van der Waals surface area contributed by atoms with Crippen molar-refractivity contribution in [2.75, 3.05) is 0 Å². The molecule has 18 heavy (non-hydrogen) atoms. The van der Waals surface area contributed by atoms with E-state index in [1.165, 1.54) is 11.3 Å². The van der Waals surface area contributed by atoms with E-state index in [4.69, 9.17) is 10.2 Å². The normalized spacial score (nSPS) is 16.5. The van der Waals surface area contributed by atoms with Crippen LogP contribution >= 0.6 is 11.3 Å². The van der Waals surface area contributed by atoms with Gasteiger partial charge < -0.3 is 15.5 Å². The number of nitrogens with one attached hydrogen (secondary N) is 1. The van der Waals surface area contributed by atoms with Crippen molar-refractivity contribution >= 4 is 17.2 Å². The number of hydrogen-bond donors (Lipinski definition) is 2. The van der Waals surface area contributed by atoms with Crippen LogP contribution < -0.4 is 11.1 Å². The molecule has 2 heterocycles. The number of aromatic nitrogens is 1. The monoisotopic (exact) mass is 263 g/mol. The van der Waals surface area contributed by atoms with Gasteiger partial charge in [-0.05, 0) is 25.0 Å². The van der Waals surface area contributed by atoms with Crippen molar-refractivity contribution in [2.45, 2.75) is 24.9 Å². The third-order valence-electron chi connectivity index (χ3n) is 2.95. The number of thiazole rings is 1. The molecular weight excluding hydrogens is 250 g/mol. The van der Waals surface area contributed by atoms with Crippen LogP contribution in [0.3, 0.4) is 0 Å². The van der Waals surface area contributed by atoms with Gasteiger partial charge in [0.2, 0.25) is 5.91 Å². The van der Waals surface area contributed by atoms with Crippen LogP contribution in [0.1, 0.15) is 18.5 Å². The number of hydrogen-bond acceptors (Lipinski definition) is 5. The number of carbonyl (C=O) groups is 1. The lowest BCUT2D eigenvalue weighted by molar-refractivity contribution is -0.123. The van der Waals surface area contributed by atoms with Crippen molar-refractivity contribution < 1.29 is 9.21 Å². The minimum atomic E-state index is -0.625. The molecule has 0 bridgehead atoms. The molecule has 0 aromatic carbocycles. The fourth-order valence-electron chi connectivity index (χ4n) is 1.61. The molecule has 5 nitrogen and oxygen atoms in total. The molecule has 0 atom stereocenters. The summed E-state index contributed by atoms with van der Waals surface area (Å²) < 4.78 is 5.26. The summed E-state index contributed by atoms with van der Waals surface area (Å²) in [7, 11) is 0. The molecule has 1 saturated carbocycles. The molecule has 3 rings (SSSR count). The first kappa shape index (κ1) is 11.4. The molecular formula is C12H13N3O2S. The van der Waals surface area contributed by atoms with E-state index in [0.29, 0.717) is 6.54 Å². The molecule has 0 unspecified atom stereocenters. The summed E-state index contributed by atoms with van der Waals surface area (Å²) >= 11 is 1.49. The Balaban J connectivity index is 1.62. The minimum Gasteiger partial charge on any atom is -0.462 e. The van der Waals surface area contributed by atoms with Gasteiger partial charge in [-0.15, -0.1) is 11.3 Å². The van der Waals surface area contributed by atoms with Crippen LogP contribution in [0.25, 0.3) is 10.8 Å². The van der Waals surface area contributed by atoms with Crippen molar-refractivity contribution in [3.8, 4) is 10.8 Å². The van der Waals surface area contributed by atoms with Crippen LogP contribution in [-0.4, -0.2) is 16.4 Å². The van der Waals surface area contributed by atoms with Crippen molar-refractivity contribution in [3.05, 3.63) is 29.5 Å². The van der Waals surface area contributed by atoms with Gasteiger partial charge in [-0.3, -0.25) is 4.79 Å². The Kier molecular flexibility index (Phi) is 2.68. The van der Waals surface area contributed by atoms with E-state index in [2.05, 4.69) is 10.3 Å². The number of rotatable bonds is 4. The minimum absolute atomic E-state index is 0.0879. The van der Waals surface area contributed by atoms with Crippen LogP contribution in [0, 0.1) is 0 Å². The fraction of sp³-hybridized carbons (Fsp3) is 0.333. The second-order valence-corrected chi connectivity index (χ2v) is 5.32. The zero-order valence-corrected chi connectivity index (χ0v) is 10.5. The van der Waals surface area contributed by atoms with Gasteiger partial charge in [-0.2, -0.15) is 0 Å². The topological polar surface area (TPSA) is 81.2 Å². The number of nitrogens with zero attached hydrogens (tertiary/aromatic N) is 1. The first-order chi connectivity index (χ1) is 8.67. The van der Waals surface area contributed by atoms with E-state index in [9.17, 15) is 4.79 Å². The standard InChI is InChI=1S/C12H13N3O2S/c13-12(3-4-12)11(16)14-6-8-7-18-10(15-8)9-2-1-5-17-9/h1-2,5,7H,3-4,6,13H2,(H,14,16). The smallest absolute Gasteiger partial charge is 0.240 e. The van der Waals surface area contributed by atoms with Gasteiger partial charge >= 0.3 is 0 Å². The highest BCUT2D eigenvalue weighted by atomic mass is 32.1. The molecule has 1 aliphatic rings. The van der Waals surface area contributed by atoms with Gasteiger partial charge in [0.1, 0.15) is 0 Å². The second kappa shape index (κ2) is 4.22. The molecule has 1 fully saturated rings. The Bertz CT molecular complexity index is 558. The van der Waals surface area contributed by atoms with Crippen molar-refractivity contribution in [1.29, 1.82) is 0 Å². The summed E-state index contributed by atoms with van der Waals surface area (Å²) in [5.74, 6) is 0.658. The van der Waals surface area contributed by atoms with Gasteiger partial charge in [0.25, 0.3) is 0 Å². The third-order valence-corrected chi connectivity index (χ3v) is 3.86. The molecule has 0 spiro atoms.